The van der Waals surface area contributed by atoms with Crippen LogP contribution >= 0.6 is 11.6 Å². The maximum Gasteiger partial charge on any atom is 0.257 e. The smallest absolute Gasteiger partial charge is 0.257 e. The lowest BCUT2D eigenvalue weighted by Crippen LogP contribution is -2.14. The standard InChI is InChI=1S/C16H14ClN5O4S/c1-2-27(25,26)11-4-6-15(23)14(8-11)19-16(24)12-7-10(3-5-13(12)17)22-9-18-20-21-22/h3-9,23H,2H2,1H3,(H,19,24). The quantitative estimate of drug-likeness (QED) is 0.619. The summed E-state index contributed by atoms with van der Waals surface area (Å²) < 4.78 is 25.4. The van der Waals surface area contributed by atoms with Gasteiger partial charge in [0.2, 0.25) is 0 Å². The molecule has 0 atom stereocenters. The molecule has 0 aliphatic heterocycles. The summed E-state index contributed by atoms with van der Waals surface area (Å²) in [5.41, 5.74) is 0.562. The van der Waals surface area contributed by atoms with E-state index in [-0.39, 0.29) is 32.7 Å². The second-order valence-corrected chi connectivity index (χ2v) is 8.14. The van der Waals surface area contributed by atoms with Gasteiger partial charge < -0.3 is 10.4 Å². The average molecular weight is 408 g/mol. The Hall–Kier alpha value is -2.98. The summed E-state index contributed by atoms with van der Waals surface area (Å²) in [6.45, 7) is 1.50. The van der Waals surface area contributed by atoms with E-state index in [4.69, 9.17) is 11.6 Å². The molecule has 11 heteroatoms. The van der Waals surface area contributed by atoms with Crippen LogP contribution in [0.4, 0.5) is 5.69 Å². The van der Waals surface area contributed by atoms with Crippen LogP contribution in [0.25, 0.3) is 5.69 Å². The SMILES string of the molecule is CCS(=O)(=O)c1ccc(O)c(NC(=O)c2cc(-n3cnnn3)ccc2Cl)c1. The van der Waals surface area contributed by atoms with E-state index in [1.54, 1.807) is 6.07 Å². The fourth-order valence-corrected chi connectivity index (χ4v) is 3.38. The lowest BCUT2D eigenvalue weighted by atomic mass is 10.1. The molecule has 9 nitrogen and oxygen atoms in total. The van der Waals surface area contributed by atoms with Crippen LogP contribution < -0.4 is 5.32 Å². The van der Waals surface area contributed by atoms with Crippen LogP contribution in [0.3, 0.4) is 0 Å². The average Bonchev–Trinajstić information content (AvgIpc) is 3.18. The number of tetrazole rings is 1. The number of aromatic nitrogens is 4. The Bertz CT molecular complexity index is 1100. The molecule has 0 aliphatic rings. The number of nitrogens with zero attached hydrogens (tertiary/aromatic N) is 4. The van der Waals surface area contributed by atoms with Crippen molar-refractivity contribution in [2.75, 3.05) is 11.1 Å². The number of anilines is 1. The van der Waals surface area contributed by atoms with Crippen molar-refractivity contribution in [2.24, 2.45) is 0 Å². The third-order valence-electron chi connectivity index (χ3n) is 3.76. The van der Waals surface area contributed by atoms with Gasteiger partial charge in [-0.3, -0.25) is 4.79 Å². The van der Waals surface area contributed by atoms with Gasteiger partial charge in [-0.05, 0) is 46.8 Å². The van der Waals surface area contributed by atoms with E-state index in [0.717, 1.165) is 0 Å². The fraction of sp³-hybridized carbons (Fsp3) is 0.125. The van der Waals surface area contributed by atoms with Gasteiger partial charge in [-0.25, -0.2) is 13.1 Å². The van der Waals surface area contributed by atoms with Crippen LogP contribution in [0, 0.1) is 0 Å². The van der Waals surface area contributed by atoms with E-state index in [9.17, 15) is 18.3 Å². The normalized spacial score (nSPS) is 11.3. The van der Waals surface area contributed by atoms with Crippen LogP contribution in [-0.2, 0) is 9.84 Å². The van der Waals surface area contributed by atoms with Crippen LogP contribution in [0.5, 0.6) is 5.75 Å². The first-order valence-corrected chi connectivity index (χ1v) is 9.75. The molecule has 140 valence electrons. The lowest BCUT2D eigenvalue weighted by molar-refractivity contribution is 0.102. The van der Waals surface area contributed by atoms with Gasteiger partial charge in [0.25, 0.3) is 5.91 Å². The monoisotopic (exact) mass is 407 g/mol. The van der Waals surface area contributed by atoms with Gasteiger partial charge in [0.15, 0.2) is 9.84 Å². The zero-order valence-corrected chi connectivity index (χ0v) is 15.6. The third-order valence-corrected chi connectivity index (χ3v) is 5.83. The summed E-state index contributed by atoms with van der Waals surface area (Å²) in [7, 11) is -3.50. The molecule has 2 N–H and O–H groups in total. The van der Waals surface area contributed by atoms with E-state index in [0.29, 0.717) is 5.69 Å². The number of phenols is 1. The highest BCUT2D eigenvalue weighted by Gasteiger charge is 2.18. The van der Waals surface area contributed by atoms with Crippen LogP contribution in [0.1, 0.15) is 17.3 Å². The number of phenolic OH excluding ortho intramolecular Hbond substituents is 1. The van der Waals surface area contributed by atoms with E-state index in [1.165, 1.54) is 48.3 Å². The summed E-state index contributed by atoms with van der Waals surface area (Å²) in [5, 5.41) is 23.4. The first-order chi connectivity index (χ1) is 12.8. The Labute approximate surface area is 159 Å². The molecule has 0 fully saturated rings. The molecular weight excluding hydrogens is 394 g/mol. The van der Waals surface area contributed by atoms with Gasteiger partial charge in [0.05, 0.1) is 32.6 Å². The maximum atomic E-state index is 12.6. The molecule has 0 saturated heterocycles. The van der Waals surface area contributed by atoms with E-state index < -0.39 is 15.7 Å². The first kappa shape index (κ1) is 18.8. The number of rotatable bonds is 5. The number of carbonyl (C=O) groups excluding carboxylic acids is 1. The zero-order chi connectivity index (χ0) is 19.6. The Morgan fingerprint density at radius 2 is 2.04 bits per heavy atom. The number of aromatic hydroxyl groups is 1. The molecule has 0 bridgehead atoms. The zero-order valence-electron chi connectivity index (χ0n) is 14.0. The summed E-state index contributed by atoms with van der Waals surface area (Å²) in [6.07, 6.45) is 1.36. The van der Waals surface area contributed by atoms with Crippen molar-refractivity contribution in [3.8, 4) is 11.4 Å². The highest BCUT2D eigenvalue weighted by Crippen LogP contribution is 2.28. The predicted molar refractivity (Wildman–Crippen MR) is 98.0 cm³/mol. The van der Waals surface area contributed by atoms with Gasteiger partial charge in [-0.2, -0.15) is 0 Å². The molecular formula is C16H14ClN5O4S. The maximum absolute atomic E-state index is 12.6. The minimum atomic E-state index is -3.50. The van der Waals surface area contributed by atoms with Crippen molar-refractivity contribution in [1.82, 2.24) is 20.2 Å². The summed E-state index contributed by atoms with van der Waals surface area (Å²) >= 11 is 6.10. The minimum Gasteiger partial charge on any atom is -0.506 e. The van der Waals surface area contributed by atoms with E-state index in [1.807, 2.05) is 0 Å². The number of halogens is 1. The third kappa shape index (κ3) is 3.91. The van der Waals surface area contributed by atoms with Crippen molar-refractivity contribution in [3.63, 3.8) is 0 Å². The van der Waals surface area contributed by atoms with Crippen LogP contribution in [-0.4, -0.2) is 45.4 Å². The van der Waals surface area contributed by atoms with Gasteiger partial charge in [0.1, 0.15) is 12.1 Å². The molecule has 1 amide bonds. The van der Waals surface area contributed by atoms with Crippen molar-refractivity contribution in [3.05, 3.63) is 53.3 Å². The van der Waals surface area contributed by atoms with Crippen LogP contribution in [0.15, 0.2) is 47.6 Å². The second-order valence-electron chi connectivity index (χ2n) is 5.46. The molecule has 0 unspecified atom stereocenters. The summed E-state index contributed by atoms with van der Waals surface area (Å²) in [6, 6.07) is 8.28. The number of sulfone groups is 1. The second kappa shape index (κ2) is 7.33. The molecule has 0 saturated carbocycles. The number of hydrogen-bond donors (Lipinski definition) is 2. The molecule has 1 aromatic heterocycles. The van der Waals surface area contributed by atoms with Gasteiger partial charge in [0, 0.05) is 0 Å². The van der Waals surface area contributed by atoms with Crippen molar-refractivity contribution < 1.29 is 18.3 Å². The topological polar surface area (TPSA) is 127 Å². The van der Waals surface area contributed by atoms with Crippen LogP contribution in [0.2, 0.25) is 5.02 Å². The molecule has 0 aliphatic carbocycles. The Kier molecular flexibility index (Phi) is 5.10. The number of nitrogens with one attached hydrogen (secondary N) is 1. The van der Waals surface area contributed by atoms with Gasteiger partial charge in [-0.1, -0.05) is 18.5 Å². The summed E-state index contributed by atoms with van der Waals surface area (Å²) in [5.74, 6) is -1.01. The molecule has 3 rings (SSSR count). The fourth-order valence-electron chi connectivity index (χ4n) is 2.27. The highest BCUT2D eigenvalue weighted by molar-refractivity contribution is 7.91. The molecule has 0 spiro atoms. The Morgan fingerprint density at radius 3 is 2.70 bits per heavy atom. The van der Waals surface area contributed by atoms with Crippen molar-refractivity contribution >= 4 is 33.0 Å². The lowest BCUT2D eigenvalue weighted by Gasteiger charge is -2.11. The largest absolute Gasteiger partial charge is 0.506 e. The predicted octanol–water partition coefficient (Wildman–Crippen LogP) is 2.07. The number of amides is 1. The molecule has 1 heterocycles. The molecule has 27 heavy (non-hydrogen) atoms. The highest BCUT2D eigenvalue weighted by atomic mass is 35.5. The van der Waals surface area contributed by atoms with Crippen molar-refractivity contribution in [2.45, 2.75) is 11.8 Å². The van der Waals surface area contributed by atoms with Gasteiger partial charge >= 0.3 is 0 Å². The Morgan fingerprint density at radius 1 is 1.26 bits per heavy atom. The molecule has 2 aromatic carbocycles. The Balaban J connectivity index is 1.94. The van der Waals surface area contributed by atoms with E-state index in [2.05, 4.69) is 20.8 Å². The number of benzene rings is 2. The molecule has 3 aromatic rings. The van der Waals surface area contributed by atoms with E-state index >= 15 is 0 Å². The minimum absolute atomic E-state index is 0.00774. The van der Waals surface area contributed by atoms with Crippen molar-refractivity contribution in [1.29, 1.82) is 0 Å². The number of carbonyl (C=O) groups is 1. The van der Waals surface area contributed by atoms with Gasteiger partial charge in [-0.15, -0.1) is 5.10 Å². The first-order valence-electron chi connectivity index (χ1n) is 7.72. The number of hydrogen-bond acceptors (Lipinski definition) is 7. The molecule has 0 radical (unpaired) electrons. The summed E-state index contributed by atoms with van der Waals surface area (Å²) in [4.78, 5) is 12.6.